The number of H-pyrrole nitrogens is 1. The lowest BCUT2D eigenvalue weighted by molar-refractivity contribution is -0.130. The van der Waals surface area contributed by atoms with Crippen LogP contribution in [0.15, 0.2) is 12.7 Å². The maximum Gasteiger partial charge on any atom is 0.242 e. The van der Waals surface area contributed by atoms with Crippen LogP contribution in [0.5, 0.6) is 0 Å². The van der Waals surface area contributed by atoms with E-state index >= 15 is 0 Å². The Balaban J connectivity index is 1.46. The summed E-state index contributed by atoms with van der Waals surface area (Å²) in [5.74, 6) is 1.32. The van der Waals surface area contributed by atoms with E-state index in [4.69, 9.17) is 4.74 Å². The molecular weight excluding hydrogens is 308 g/mol. The first-order chi connectivity index (χ1) is 11.7. The van der Waals surface area contributed by atoms with Crippen molar-refractivity contribution in [1.82, 2.24) is 24.8 Å². The summed E-state index contributed by atoms with van der Waals surface area (Å²) in [7, 11) is 1.88. The van der Waals surface area contributed by atoms with Crippen molar-refractivity contribution in [2.45, 2.75) is 25.3 Å². The number of rotatable bonds is 6. The smallest absolute Gasteiger partial charge is 0.242 e. The fourth-order valence-electron chi connectivity index (χ4n) is 3.26. The quantitative estimate of drug-likeness (QED) is 0.844. The molecule has 2 aromatic heterocycles. The molecule has 8 heteroatoms. The molecule has 0 aromatic carbocycles. The van der Waals surface area contributed by atoms with Crippen LogP contribution in [0.2, 0.25) is 0 Å². The van der Waals surface area contributed by atoms with E-state index in [1.54, 1.807) is 6.33 Å². The fraction of sp³-hybridized carbons (Fsp3) is 0.625. The highest BCUT2D eigenvalue weighted by atomic mass is 16.5. The highest BCUT2D eigenvalue weighted by Gasteiger charge is 2.35. The normalized spacial score (nSPS) is 20.5. The number of fused-ring (bicyclic) bond motifs is 1. The fourth-order valence-corrected chi connectivity index (χ4v) is 3.26. The molecule has 1 aliphatic carbocycles. The Morgan fingerprint density at radius 2 is 2.21 bits per heavy atom. The summed E-state index contributed by atoms with van der Waals surface area (Å²) in [6.07, 6.45) is 6.35. The molecule has 3 heterocycles. The van der Waals surface area contributed by atoms with Crippen LogP contribution < -0.4 is 4.90 Å². The number of anilines is 1. The van der Waals surface area contributed by atoms with Crippen molar-refractivity contribution in [3.05, 3.63) is 12.7 Å². The van der Waals surface area contributed by atoms with Gasteiger partial charge >= 0.3 is 0 Å². The second kappa shape index (κ2) is 6.35. The number of aromatic nitrogens is 4. The van der Waals surface area contributed by atoms with Crippen LogP contribution in [0, 0.1) is 5.92 Å². The van der Waals surface area contributed by atoms with E-state index in [9.17, 15) is 4.79 Å². The zero-order valence-corrected chi connectivity index (χ0v) is 13.8. The van der Waals surface area contributed by atoms with Gasteiger partial charge in [-0.15, -0.1) is 0 Å². The number of imidazole rings is 1. The molecule has 24 heavy (non-hydrogen) atoms. The average Bonchev–Trinajstić information content (AvgIpc) is 3.09. The van der Waals surface area contributed by atoms with Crippen molar-refractivity contribution in [1.29, 1.82) is 0 Å². The maximum atomic E-state index is 12.8. The van der Waals surface area contributed by atoms with Gasteiger partial charge in [0.2, 0.25) is 5.91 Å². The molecule has 0 spiro atoms. The van der Waals surface area contributed by atoms with Crippen molar-refractivity contribution in [2.24, 2.45) is 5.92 Å². The number of ether oxygens (including phenoxy) is 1. The van der Waals surface area contributed by atoms with Crippen LogP contribution in [0.1, 0.15) is 19.3 Å². The van der Waals surface area contributed by atoms with E-state index in [0.717, 1.165) is 44.5 Å². The highest BCUT2D eigenvalue weighted by molar-refractivity contribution is 5.87. The number of hydrogen-bond donors (Lipinski definition) is 1. The number of hydrogen-bond acceptors (Lipinski definition) is 6. The van der Waals surface area contributed by atoms with Crippen LogP contribution in [0.25, 0.3) is 11.2 Å². The largest absolute Gasteiger partial charge is 0.381 e. The van der Waals surface area contributed by atoms with Gasteiger partial charge < -0.3 is 19.5 Å². The van der Waals surface area contributed by atoms with Gasteiger partial charge in [0.15, 0.2) is 11.5 Å². The summed E-state index contributed by atoms with van der Waals surface area (Å²) < 4.78 is 5.45. The van der Waals surface area contributed by atoms with Crippen molar-refractivity contribution in [2.75, 3.05) is 38.3 Å². The van der Waals surface area contributed by atoms with Gasteiger partial charge in [0, 0.05) is 32.2 Å². The summed E-state index contributed by atoms with van der Waals surface area (Å²) in [6.45, 7) is 2.69. The minimum absolute atomic E-state index is 0.151. The lowest BCUT2D eigenvalue weighted by Gasteiger charge is -2.28. The molecule has 1 aliphatic heterocycles. The van der Waals surface area contributed by atoms with Crippen LogP contribution in [0.3, 0.4) is 0 Å². The Morgan fingerprint density at radius 3 is 2.96 bits per heavy atom. The summed E-state index contributed by atoms with van der Waals surface area (Å²) in [5, 5.41) is 0. The second-order valence-corrected chi connectivity index (χ2v) is 6.66. The van der Waals surface area contributed by atoms with Gasteiger partial charge in [0.25, 0.3) is 0 Å². The molecule has 0 radical (unpaired) electrons. The molecule has 8 nitrogen and oxygen atoms in total. The molecule has 1 atom stereocenters. The van der Waals surface area contributed by atoms with Gasteiger partial charge in [-0.3, -0.25) is 4.79 Å². The van der Waals surface area contributed by atoms with E-state index in [1.165, 1.54) is 6.33 Å². The molecule has 1 unspecified atom stereocenters. The van der Waals surface area contributed by atoms with E-state index in [1.807, 2.05) is 16.8 Å². The van der Waals surface area contributed by atoms with E-state index in [0.29, 0.717) is 30.0 Å². The number of carbonyl (C=O) groups excluding carboxylic acids is 1. The molecule has 1 N–H and O–H groups in total. The Hall–Kier alpha value is -2.22. The molecule has 128 valence electrons. The molecule has 2 aromatic rings. The first kappa shape index (κ1) is 15.3. The van der Waals surface area contributed by atoms with Crippen LogP contribution in [-0.4, -0.2) is 70.1 Å². The molecule has 0 bridgehead atoms. The predicted molar refractivity (Wildman–Crippen MR) is 88.6 cm³/mol. The Labute approximate surface area is 140 Å². The maximum absolute atomic E-state index is 12.8. The van der Waals surface area contributed by atoms with Gasteiger partial charge in [-0.1, -0.05) is 0 Å². The van der Waals surface area contributed by atoms with Crippen molar-refractivity contribution in [3.63, 3.8) is 0 Å². The summed E-state index contributed by atoms with van der Waals surface area (Å²) in [5.41, 5.74) is 1.37. The minimum Gasteiger partial charge on any atom is -0.381 e. The Kier molecular flexibility index (Phi) is 4.05. The summed E-state index contributed by atoms with van der Waals surface area (Å²) in [6, 6.07) is 0.407. The lowest BCUT2D eigenvalue weighted by Crippen LogP contribution is -2.43. The molecule has 2 fully saturated rings. The highest BCUT2D eigenvalue weighted by Crippen LogP contribution is 2.29. The molecular formula is C16H22N6O2. The Bertz CT molecular complexity index is 722. The van der Waals surface area contributed by atoms with Crippen LogP contribution in [-0.2, 0) is 9.53 Å². The van der Waals surface area contributed by atoms with Gasteiger partial charge in [-0.2, -0.15) is 0 Å². The SMILES string of the molecule is CN(CC(=O)N(CC1CCOC1)C1CC1)c1ncnc2nc[nH]c12. The van der Waals surface area contributed by atoms with Gasteiger partial charge in [0.1, 0.15) is 11.8 Å². The third kappa shape index (κ3) is 3.06. The van der Waals surface area contributed by atoms with E-state index in [-0.39, 0.29) is 5.91 Å². The number of amides is 1. The number of nitrogens with one attached hydrogen (secondary N) is 1. The standard InChI is InChI=1S/C16H22N6O2/c1-21(16-14-15(18-9-17-14)19-10-20-16)7-13(23)22(12-2-3-12)6-11-4-5-24-8-11/h9-12H,2-8H2,1H3,(H,17,18,19,20). The zero-order valence-electron chi connectivity index (χ0n) is 13.8. The van der Waals surface area contributed by atoms with Crippen LogP contribution >= 0.6 is 0 Å². The van der Waals surface area contributed by atoms with Crippen LogP contribution in [0.4, 0.5) is 5.82 Å². The number of nitrogens with zero attached hydrogens (tertiary/aromatic N) is 5. The first-order valence-corrected chi connectivity index (χ1v) is 8.45. The van der Waals surface area contributed by atoms with Crippen molar-refractivity contribution < 1.29 is 9.53 Å². The van der Waals surface area contributed by atoms with Crippen molar-refractivity contribution >= 4 is 22.9 Å². The van der Waals surface area contributed by atoms with Crippen molar-refractivity contribution in [3.8, 4) is 0 Å². The average molecular weight is 330 g/mol. The monoisotopic (exact) mass is 330 g/mol. The molecule has 1 saturated heterocycles. The molecule has 4 rings (SSSR count). The van der Waals surface area contributed by atoms with E-state index < -0.39 is 0 Å². The summed E-state index contributed by atoms with van der Waals surface area (Å²) >= 11 is 0. The molecule has 2 aliphatic rings. The first-order valence-electron chi connectivity index (χ1n) is 8.45. The second-order valence-electron chi connectivity index (χ2n) is 6.66. The van der Waals surface area contributed by atoms with Gasteiger partial charge in [-0.05, 0) is 19.3 Å². The van der Waals surface area contributed by atoms with E-state index in [2.05, 4.69) is 19.9 Å². The zero-order chi connectivity index (χ0) is 16.5. The number of aromatic amines is 1. The van der Waals surface area contributed by atoms with Gasteiger partial charge in [-0.25, -0.2) is 15.0 Å². The summed E-state index contributed by atoms with van der Waals surface area (Å²) in [4.78, 5) is 32.4. The number of carbonyl (C=O) groups is 1. The minimum atomic E-state index is 0.151. The molecule has 1 saturated carbocycles. The lowest BCUT2D eigenvalue weighted by atomic mass is 10.1. The predicted octanol–water partition coefficient (Wildman–Crippen LogP) is 0.817. The van der Waals surface area contributed by atoms with Gasteiger partial charge in [0.05, 0.1) is 19.5 Å². The topological polar surface area (TPSA) is 87.2 Å². The third-order valence-corrected chi connectivity index (χ3v) is 4.72. The number of likely N-dealkylation sites (N-methyl/N-ethyl adjacent to an activating group) is 1. The molecule has 1 amide bonds. The Morgan fingerprint density at radius 1 is 1.33 bits per heavy atom. The third-order valence-electron chi connectivity index (χ3n) is 4.72.